The zero-order valence-electron chi connectivity index (χ0n) is 11.7. The summed E-state index contributed by atoms with van der Waals surface area (Å²) in [5, 5.41) is 3.02. The Morgan fingerprint density at radius 3 is 2.71 bits per heavy atom. The lowest BCUT2D eigenvalue weighted by Crippen LogP contribution is -2.08. The van der Waals surface area contributed by atoms with Crippen LogP contribution in [0.3, 0.4) is 0 Å². The zero-order valence-corrected chi connectivity index (χ0v) is 11.7. The molecular formula is C15H16FN3O2. The van der Waals surface area contributed by atoms with Crippen molar-refractivity contribution >= 4 is 5.82 Å². The van der Waals surface area contributed by atoms with Crippen LogP contribution in [-0.2, 0) is 6.61 Å². The van der Waals surface area contributed by atoms with Gasteiger partial charge in [0.25, 0.3) is 0 Å². The molecule has 0 amide bonds. The molecule has 6 heteroatoms. The van der Waals surface area contributed by atoms with Gasteiger partial charge >= 0.3 is 6.01 Å². The summed E-state index contributed by atoms with van der Waals surface area (Å²) in [4.78, 5) is 7.90. The molecule has 1 aromatic carbocycles. The second-order valence-corrected chi connectivity index (χ2v) is 4.90. The van der Waals surface area contributed by atoms with Crippen molar-refractivity contribution in [2.75, 3.05) is 12.4 Å². The zero-order chi connectivity index (χ0) is 14.7. The van der Waals surface area contributed by atoms with E-state index in [0.29, 0.717) is 12.6 Å². The van der Waals surface area contributed by atoms with Crippen molar-refractivity contribution < 1.29 is 13.9 Å². The van der Waals surface area contributed by atoms with Gasteiger partial charge in [0.1, 0.15) is 12.4 Å². The fourth-order valence-electron chi connectivity index (χ4n) is 1.81. The first kappa shape index (κ1) is 13.6. The second kappa shape index (κ2) is 5.95. The van der Waals surface area contributed by atoms with Gasteiger partial charge in [0.15, 0.2) is 11.6 Å². The van der Waals surface area contributed by atoms with Crippen molar-refractivity contribution in [3.05, 3.63) is 41.8 Å². The van der Waals surface area contributed by atoms with Gasteiger partial charge in [0.2, 0.25) is 0 Å². The van der Waals surface area contributed by atoms with Gasteiger partial charge in [-0.25, -0.2) is 9.37 Å². The molecule has 1 aliphatic carbocycles. The third-order valence-corrected chi connectivity index (χ3v) is 3.17. The highest BCUT2D eigenvalue weighted by Crippen LogP contribution is 2.25. The average molecular weight is 289 g/mol. The van der Waals surface area contributed by atoms with E-state index in [2.05, 4.69) is 15.3 Å². The van der Waals surface area contributed by atoms with Gasteiger partial charge in [-0.2, -0.15) is 4.98 Å². The average Bonchev–Trinajstić information content (AvgIpc) is 3.32. The van der Waals surface area contributed by atoms with Crippen molar-refractivity contribution in [3.8, 4) is 11.8 Å². The Balaban J connectivity index is 1.63. The molecule has 1 aromatic heterocycles. The van der Waals surface area contributed by atoms with E-state index in [-0.39, 0.29) is 11.8 Å². The smallest absolute Gasteiger partial charge is 0.318 e. The maximum absolute atomic E-state index is 13.5. The van der Waals surface area contributed by atoms with Crippen LogP contribution in [-0.4, -0.2) is 23.1 Å². The molecule has 1 fully saturated rings. The summed E-state index contributed by atoms with van der Waals surface area (Å²) in [5.74, 6) is 0.531. The number of nitrogens with zero attached hydrogens (tertiary/aromatic N) is 2. The monoisotopic (exact) mass is 289 g/mol. The number of halogens is 1. The SMILES string of the molecule is COc1ccc(COc2ncc(F)c(NC3CC3)n2)cc1. The number of rotatable bonds is 6. The lowest BCUT2D eigenvalue weighted by Gasteiger charge is -2.08. The number of methoxy groups -OCH3 is 1. The minimum absolute atomic E-state index is 0.162. The van der Waals surface area contributed by atoms with Crippen LogP contribution in [0, 0.1) is 5.82 Å². The molecule has 0 aliphatic heterocycles. The summed E-state index contributed by atoms with van der Waals surface area (Å²) in [6.45, 7) is 0.318. The van der Waals surface area contributed by atoms with E-state index in [0.717, 1.165) is 30.4 Å². The molecule has 0 radical (unpaired) electrons. The van der Waals surface area contributed by atoms with Crippen LogP contribution in [0.1, 0.15) is 18.4 Å². The first-order chi connectivity index (χ1) is 10.2. The fraction of sp³-hybridized carbons (Fsp3) is 0.333. The number of nitrogens with one attached hydrogen (secondary N) is 1. The summed E-state index contributed by atoms with van der Waals surface area (Å²) >= 11 is 0. The lowest BCUT2D eigenvalue weighted by atomic mass is 10.2. The molecule has 1 saturated carbocycles. The van der Waals surface area contributed by atoms with Crippen LogP contribution in [0.5, 0.6) is 11.8 Å². The maximum Gasteiger partial charge on any atom is 0.318 e. The minimum atomic E-state index is -0.460. The highest BCUT2D eigenvalue weighted by Gasteiger charge is 2.23. The summed E-state index contributed by atoms with van der Waals surface area (Å²) in [5.41, 5.74) is 0.959. The molecular weight excluding hydrogens is 273 g/mol. The molecule has 5 nitrogen and oxygen atoms in total. The lowest BCUT2D eigenvalue weighted by molar-refractivity contribution is 0.279. The quantitative estimate of drug-likeness (QED) is 0.886. The van der Waals surface area contributed by atoms with Gasteiger partial charge in [0.05, 0.1) is 13.3 Å². The third-order valence-electron chi connectivity index (χ3n) is 3.17. The fourth-order valence-corrected chi connectivity index (χ4v) is 1.81. The van der Waals surface area contributed by atoms with Crippen LogP contribution in [0.25, 0.3) is 0 Å². The first-order valence-corrected chi connectivity index (χ1v) is 6.79. The first-order valence-electron chi connectivity index (χ1n) is 6.79. The predicted octanol–water partition coefficient (Wildman–Crippen LogP) is 2.78. The van der Waals surface area contributed by atoms with Gasteiger partial charge in [-0.1, -0.05) is 12.1 Å². The number of anilines is 1. The molecule has 21 heavy (non-hydrogen) atoms. The summed E-state index contributed by atoms with van der Waals surface area (Å²) in [6.07, 6.45) is 3.22. The normalized spacial score (nSPS) is 13.8. The largest absolute Gasteiger partial charge is 0.497 e. The van der Waals surface area contributed by atoms with Crippen LogP contribution in [0.4, 0.5) is 10.2 Å². The Bertz CT molecular complexity index is 615. The number of hydrogen-bond donors (Lipinski definition) is 1. The third kappa shape index (κ3) is 3.59. The van der Waals surface area contributed by atoms with Crippen molar-refractivity contribution in [1.29, 1.82) is 0 Å². The van der Waals surface area contributed by atoms with E-state index in [9.17, 15) is 4.39 Å². The molecule has 1 aliphatic rings. The molecule has 2 aromatic rings. The van der Waals surface area contributed by atoms with Crippen LogP contribution >= 0.6 is 0 Å². The van der Waals surface area contributed by atoms with Crippen LogP contribution in [0.15, 0.2) is 30.5 Å². The summed E-state index contributed by atoms with van der Waals surface area (Å²) in [6, 6.07) is 7.98. The van der Waals surface area contributed by atoms with E-state index < -0.39 is 5.82 Å². The van der Waals surface area contributed by atoms with Crippen molar-refractivity contribution in [3.63, 3.8) is 0 Å². The summed E-state index contributed by atoms with van der Waals surface area (Å²) < 4.78 is 24.1. The standard InChI is InChI=1S/C15H16FN3O2/c1-20-12-6-2-10(3-7-12)9-21-15-17-8-13(16)14(19-15)18-11-4-5-11/h2-3,6-8,11H,4-5,9H2,1H3,(H,17,18,19). The highest BCUT2D eigenvalue weighted by molar-refractivity contribution is 5.38. The van der Waals surface area contributed by atoms with E-state index in [1.807, 2.05) is 24.3 Å². The van der Waals surface area contributed by atoms with Crippen LogP contribution in [0.2, 0.25) is 0 Å². The molecule has 110 valence electrons. The predicted molar refractivity (Wildman–Crippen MR) is 76.0 cm³/mol. The minimum Gasteiger partial charge on any atom is -0.497 e. The number of benzene rings is 1. The second-order valence-electron chi connectivity index (χ2n) is 4.90. The topological polar surface area (TPSA) is 56.3 Å². The molecule has 3 rings (SSSR count). The van der Waals surface area contributed by atoms with Crippen molar-refractivity contribution in [2.45, 2.75) is 25.5 Å². The Kier molecular flexibility index (Phi) is 3.85. The summed E-state index contributed by atoms with van der Waals surface area (Å²) in [7, 11) is 1.62. The van der Waals surface area contributed by atoms with Gasteiger partial charge < -0.3 is 14.8 Å². The Hall–Kier alpha value is -2.37. The van der Waals surface area contributed by atoms with E-state index >= 15 is 0 Å². The molecule has 0 atom stereocenters. The molecule has 1 N–H and O–H groups in total. The Labute approximate surface area is 122 Å². The van der Waals surface area contributed by atoms with Gasteiger partial charge in [0, 0.05) is 6.04 Å². The van der Waals surface area contributed by atoms with Gasteiger partial charge in [-0.15, -0.1) is 0 Å². The number of ether oxygens (including phenoxy) is 2. The molecule has 0 spiro atoms. The van der Waals surface area contributed by atoms with Gasteiger partial charge in [-0.3, -0.25) is 0 Å². The Morgan fingerprint density at radius 1 is 1.29 bits per heavy atom. The van der Waals surface area contributed by atoms with Crippen molar-refractivity contribution in [2.24, 2.45) is 0 Å². The van der Waals surface area contributed by atoms with Crippen molar-refractivity contribution in [1.82, 2.24) is 9.97 Å². The molecule has 0 unspecified atom stereocenters. The Morgan fingerprint density at radius 2 is 2.05 bits per heavy atom. The van der Waals surface area contributed by atoms with E-state index in [1.165, 1.54) is 0 Å². The number of aromatic nitrogens is 2. The van der Waals surface area contributed by atoms with Gasteiger partial charge in [-0.05, 0) is 30.5 Å². The molecule has 0 saturated heterocycles. The molecule has 1 heterocycles. The maximum atomic E-state index is 13.5. The number of hydrogen-bond acceptors (Lipinski definition) is 5. The van der Waals surface area contributed by atoms with Crippen LogP contribution < -0.4 is 14.8 Å². The van der Waals surface area contributed by atoms with E-state index in [1.54, 1.807) is 7.11 Å². The van der Waals surface area contributed by atoms with E-state index in [4.69, 9.17) is 9.47 Å². The highest BCUT2D eigenvalue weighted by atomic mass is 19.1. The molecule has 0 bridgehead atoms.